The first kappa shape index (κ1) is 28.1. The fourth-order valence-electron chi connectivity index (χ4n) is 4.72. The Morgan fingerprint density at radius 3 is 2.60 bits per heavy atom. The standard InChI is InChI=1S/C25H21F7N5O2S/c26-22(27)17-9-19(23(28)29)37(34-17)11-21(38)36-7-5-13(6-8-36)24-33-18(12-40-24)16-10-20(39-35-16)14-3-1-2-4-15(14)25(30,31)32/h1-2,4,9,12-13,20,22-23H,5-8,10-11H2. The molecule has 1 radical (unpaired) electrons. The first-order valence-electron chi connectivity index (χ1n) is 12.2. The Labute approximate surface area is 227 Å². The molecule has 15 heteroatoms. The van der Waals surface area contributed by atoms with Crippen LogP contribution in [0, 0.1) is 6.07 Å². The van der Waals surface area contributed by atoms with Crippen LogP contribution in [0.2, 0.25) is 0 Å². The van der Waals surface area contributed by atoms with Gasteiger partial charge in [0.25, 0.3) is 12.9 Å². The first-order valence-corrected chi connectivity index (χ1v) is 13.1. The third kappa shape index (κ3) is 5.83. The number of hydrogen-bond donors (Lipinski definition) is 0. The molecule has 1 aromatic carbocycles. The second-order valence-corrected chi connectivity index (χ2v) is 10.2. The minimum Gasteiger partial charge on any atom is -0.387 e. The SMILES string of the molecule is O=C(Cn1nc(C(F)F)cc1C(F)F)N1CCC(c2nc(C3=NOC(c4[c]cccc4C(F)(F)F)C3)cs2)CC1. The van der Waals surface area contributed by atoms with E-state index in [1.807, 2.05) is 0 Å². The summed E-state index contributed by atoms with van der Waals surface area (Å²) in [5, 5.41) is 9.95. The molecule has 3 aromatic rings. The van der Waals surface area contributed by atoms with Gasteiger partial charge in [-0.25, -0.2) is 22.5 Å². The quantitative estimate of drug-likeness (QED) is 0.304. The molecule has 1 amide bonds. The molecule has 5 rings (SSSR count). The lowest BCUT2D eigenvalue weighted by molar-refractivity contribution is -0.139. The molecule has 2 aromatic heterocycles. The van der Waals surface area contributed by atoms with Crippen molar-refractivity contribution in [1.29, 1.82) is 0 Å². The number of likely N-dealkylation sites (tertiary alicyclic amines) is 1. The third-order valence-electron chi connectivity index (χ3n) is 6.76. The van der Waals surface area contributed by atoms with Gasteiger partial charge < -0.3 is 9.74 Å². The van der Waals surface area contributed by atoms with Crippen LogP contribution in [0.15, 0.2) is 34.8 Å². The predicted molar refractivity (Wildman–Crippen MR) is 128 cm³/mol. The van der Waals surface area contributed by atoms with Gasteiger partial charge in [-0.1, -0.05) is 17.3 Å². The zero-order valence-corrected chi connectivity index (χ0v) is 21.4. The van der Waals surface area contributed by atoms with Crippen LogP contribution < -0.4 is 0 Å². The molecule has 2 aliphatic heterocycles. The maximum atomic E-state index is 13.4. The molecule has 1 saturated heterocycles. The van der Waals surface area contributed by atoms with E-state index < -0.39 is 54.5 Å². The van der Waals surface area contributed by atoms with E-state index in [0.717, 1.165) is 11.1 Å². The molecular formula is C25H21F7N5O2S. The molecule has 0 spiro atoms. The number of oxime groups is 1. The van der Waals surface area contributed by atoms with Gasteiger partial charge in [0.2, 0.25) is 5.91 Å². The van der Waals surface area contributed by atoms with E-state index in [1.54, 1.807) is 5.38 Å². The van der Waals surface area contributed by atoms with E-state index in [9.17, 15) is 35.5 Å². The van der Waals surface area contributed by atoms with Crippen molar-refractivity contribution < 1.29 is 40.4 Å². The number of nitrogens with zero attached hydrogens (tertiary/aromatic N) is 5. The molecule has 4 heterocycles. The summed E-state index contributed by atoms with van der Waals surface area (Å²) in [6, 6.07) is 6.83. The van der Waals surface area contributed by atoms with E-state index >= 15 is 0 Å². The second-order valence-electron chi connectivity index (χ2n) is 9.31. The molecule has 0 bridgehead atoms. The normalized spacial score (nSPS) is 18.5. The number of amides is 1. The van der Waals surface area contributed by atoms with Gasteiger partial charge in [-0.2, -0.15) is 18.3 Å². The number of rotatable bonds is 7. The lowest BCUT2D eigenvalue weighted by atomic mass is 9.97. The van der Waals surface area contributed by atoms with Crippen LogP contribution in [0.1, 0.15) is 77.4 Å². The maximum absolute atomic E-state index is 13.4. The van der Waals surface area contributed by atoms with Crippen molar-refractivity contribution in [1.82, 2.24) is 19.7 Å². The van der Waals surface area contributed by atoms with Crippen molar-refractivity contribution in [3.8, 4) is 0 Å². The van der Waals surface area contributed by atoms with E-state index in [-0.39, 0.29) is 17.9 Å². The summed E-state index contributed by atoms with van der Waals surface area (Å²) in [5.41, 5.74) is -1.59. The zero-order chi connectivity index (χ0) is 28.6. The van der Waals surface area contributed by atoms with Crippen molar-refractivity contribution >= 4 is 23.0 Å². The Balaban J connectivity index is 1.18. The number of carbonyl (C=O) groups excluding carboxylic acids is 1. The van der Waals surface area contributed by atoms with Crippen LogP contribution in [-0.4, -0.2) is 44.4 Å². The van der Waals surface area contributed by atoms with Gasteiger partial charge in [0.15, 0.2) is 6.10 Å². The number of piperidine rings is 1. The van der Waals surface area contributed by atoms with E-state index in [4.69, 9.17) is 4.84 Å². The average Bonchev–Trinajstić information content (AvgIpc) is 3.68. The topological polar surface area (TPSA) is 72.6 Å². The van der Waals surface area contributed by atoms with Gasteiger partial charge in [0.05, 0.1) is 16.3 Å². The van der Waals surface area contributed by atoms with E-state index in [1.165, 1.54) is 28.4 Å². The number of halogens is 7. The van der Waals surface area contributed by atoms with Crippen molar-refractivity contribution in [3.05, 3.63) is 68.9 Å². The summed E-state index contributed by atoms with van der Waals surface area (Å²) >= 11 is 1.36. The molecule has 1 atom stereocenters. The highest BCUT2D eigenvalue weighted by Gasteiger charge is 2.38. The van der Waals surface area contributed by atoms with Crippen molar-refractivity contribution in [3.63, 3.8) is 0 Å². The second kappa shape index (κ2) is 11.2. The molecular weight excluding hydrogens is 567 g/mol. The minimum atomic E-state index is -4.55. The van der Waals surface area contributed by atoms with E-state index in [0.29, 0.717) is 48.1 Å². The summed E-state index contributed by atoms with van der Waals surface area (Å²) in [7, 11) is 0. The third-order valence-corrected chi connectivity index (χ3v) is 7.77. The number of alkyl halides is 7. The Morgan fingerprint density at radius 2 is 1.93 bits per heavy atom. The van der Waals surface area contributed by atoms with Crippen LogP contribution >= 0.6 is 11.3 Å². The highest BCUT2D eigenvalue weighted by molar-refractivity contribution is 7.10. The number of carbonyl (C=O) groups is 1. The number of hydrogen-bond acceptors (Lipinski definition) is 6. The van der Waals surface area contributed by atoms with Gasteiger partial charge in [-0.05, 0) is 31.0 Å². The largest absolute Gasteiger partial charge is 0.416 e. The van der Waals surface area contributed by atoms with Gasteiger partial charge >= 0.3 is 6.18 Å². The monoisotopic (exact) mass is 588 g/mol. The Bertz CT molecular complexity index is 1400. The molecule has 0 N–H and O–H groups in total. The minimum absolute atomic E-state index is 0.00688. The summed E-state index contributed by atoms with van der Waals surface area (Å²) in [5.74, 6) is -0.517. The average molecular weight is 589 g/mol. The first-order chi connectivity index (χ1) is 19.0. The van der Waals surface area contributed by atoms with Crippen LogP contribution in [-0.2, 0) is 22.4 Å². The predicted octanol–water partition coefficient (Wildman–Crippen LogP) is 6.31. The molecule has 1 fully saturated rings. The number of aromatic nitrogens is 3. The molecule has 1 unspecified atom stereocenters. The fourth-order valence-corrected chi connectivity index (χ4v) is 5.72. The summed E-state index contributed by atoms with van der Waals surface area (Å²) in [6.45, 7) is 0.0392. The van der Waals surface area contributed by atoms with E-state index in [2.05, 4.69) is 21.3 Å². The highest BCUT2D eigenvalue weighted by atomic mass is 32.1. The molecule has 40 heavy (non-hydrogen) atoms. The van der Waals surface area contributed by atoms with Crippen molar-refractivity contribution in [2.24, 2.45) is 5.16 Å². The highest BCUT2D eigenvalue weighted by Crippen LogP contribution is 2.39. The Hall–Kier alpha value is -3.49. The zero-order valence-electron chi connectivity index (χ0n) is 20.5. The lowest BCUT2D eigenvalue weighted by Crippen LogP contribution is -2.40. The molecule has 0 aliphatic carbocycles. The van der Waals surface area contributed by atoms with Crippen LogP contribution in [0.5, 0.6) is 0 Å². The summed E-state index contributed by atoms with van der Waals surface area (Å²) in [4.78, 5) is 24.1. The van der Waals surface area contributed by atoms with Crippen LogP contribution in [0.25, 0.3) is 0 Å². The lowest BCUT2D eigenvalue weighted by Gasteiger charge is -2.31. The van der Waals surface area contributed by atoms with Gasteiger partial charge in [0, 0.05) is 36.4 Å². The van der Waals surface area contributed by atoms with Crippen molar-refractivity contribution in [2.45, 2.75) is 56.9 Å². The van der Waals surface area contributed by atoms with Crippen LogP contribution in [0.4, 0.5) is 30.7 Å². The number of benzene rings is 1. The van der Waals surface area contributed by atoms with Crippen molar-refractivity contribution in [2.75, 3.05) is 13.1 Å². The fraction of sp³-hybridized carbons (Fsp3) is 0.440. The molecule has 7 nitrogen and oxygen atoms in total. The molecule has 0 saturated carbocycles. The molecule has 213 valence electrons. The Morgan fingerprint density at radius 1 is 1.18 bits per heavy atom. The smallest absolute Gasteiger partial charge is 0.387 e. The van der Waals surface area contributed by atoms with Gasteiger partial charge in [-0.15, -0.1) is 11.3 Å². The summed E-state index contributed by atoms with van der Waals surface area (Å²) < 4.78 is 93.0. The molecule has 2 aliphatic rings. The maximum Gasteiger partial charge on any atom is 0.416 e. The number of thiazole rings is 1. The summed E-state index contributed by atoms with van der Waals surface area (Å²) in [6.07, 6.45) is -10.4. The van der Waals surface area contributed by atoms with Gasteiger partial charge in [-0.3, -0.25) is 9.48 Å². The Kier molecular flexibility index (Phi) is 7.84. The van der Waals surface area contributed by atoms with Crippen LogP contribution in [0.3, 0.4) is 0 Å². The van der Waals surface area contributed by atoms with Gasteiger partial charge in [0.1, 0.15) is 23.6 Å².